The van der Waals surface area contributed by atoms with Crippen LogP contribution in [0.4, 0.5) is 132 Å². The molecule has 0 aliphatic carbocycles. The Morgan fingerprint density at radius 3 is 0.466 bits per heavy atom. The van der Waals surface area contributed by atoms with Crippen molar-refractivity contribution >= 4 is 146 Å². The van der Waals surface area contributed by atoms with Crippen molar-refractivity contribution in [2.45, 2.75) is 61.8 Å². The Morgan fingerprint density at radius 1 is 0.216 bits per heavy atom. The van der Waals surface area contributed by atoms with E-state index in [-0.39, 0.29) is 24.3 Å². The molecule has 2 rings (SSSR count). The van der Waals surface area contributed by atoms with Crippen LogP contribution in [0.3, 0.4) is 0 Å². The summed E-state index contributed by atoms with van der Waals surface area (Å²) in [5, 5.41) is 0. The van der Waals surface area contributed by atoms with E-state index >= 15 is 0 Å². The molecule has 0 saturated heterocycles. The summed E-state index contributed by atoms with van der Waals surface area (Å²) in [6.07, 6.45) is -65.3. The van der Waals surface area contributed by atoms with Crippen molar-refractivity contribution in [3.05, 3.63) is 60.7 Å². The van der Waals surface area contributed by atoms with Gasteiger partial charge in [-0.1, -0.05) is 0 Å². The van der Waals surface area contributed by atoms with Gasteiger partial charge in [-0.2, -0.15) is 0 Å². The molecule has 56 heteroatoms. The molecule has 22 nitrogen and oxygen atoms in total. The monoisotopic (exact) mass is 1800 g/mol. The number of carbonyl (C=O) groups excluding carboxylic acids is 10. The van der Waals surface area contributed by atoms with Gasteiger partial charge in [0.15, 0.2) is 0 Å². The zero-order valence-corrected chi connectivity index (χ0v) is 50.5. The van der Waals surface area contributed by atoms with Crippen LogP contribution in [0.5, 0.6) is 0 Å². The van der Waals surface area contributed by atoms with Crippen molar-refractivity contribution in [3.8, 4) is 0 Å². The number of halogens is 30. The molecule has 0 aromatic heterocycles. The predicted octanol–water partition coefficient (Wildman–Crippen LogP) is 5.62. The molecular formula is C32H10F30O22Sn4. The fraction of sp³-hybridized carbons (Fsp3) is 0.312. The third-order valence-corrected chi connectivity index (χ3v) is 48.7. The molecule has 0 unspecified atom stereocenters. The van der Waals surface area contributed by atoms with Crippen molar-refractivity contribution in [1.82, 2.24) is 0 Å². The van der Waals surface area contributed by atoms with Gasteiger partial charge in [0.05, 0.1) is 0 Å². The quantitative estimate of drug-likeness (QED) is 0.145. The normalized spacial score (nSPS) is 13.4. The van der Waals surface area contributed by atoms with Crippen LogP contribution in [-0.4, -0.2) is 201 Å². The van der Waals surface area contributed by atoms with Gasteiger partial charge in [0.2, 0.25) is 0 Å². The number of hydrogen-bond donors (Lipinski definition) is 0. The van der Waals surface area contributed by atoms with Crippen LogP contribution in [0.15, 0.2) is 60.7 Å². The maximum atomic E-state index is 13.1. The first kappa shape index (κ1) is 80.2. The molecule has 0 saturated carbocycles. The molecule has 0 atom stereocenters. The first-order valence-electron chi connectivity index (χ1n) is 19.4. The molecule has 0 amide bonds. The van der Waals surface area contributed by atoms with Gasteiger partial charge in [0.25, 0.3) is 0 Å². The summed E-state index contributed by atoms with van der Waals surface area (Å²) in [5.41, 5.74) is 0. The van der Waals surface area contributed by atoms with Crippen LogP contribution in [0.1, 0.15) is 0 Å². The van der Waals surface area contributed by atoms with Gasteiger partial charge in [0, 0.05) is 0 Å². The van der Waals surface area contributed by atoms with Crippen molar-refractivity contribution in [3.63, 3.8) is 0 Å². The van der Waals surface area contributed by atoms with Crippen molar-refractivity contribution < 1.29 is 213 Å². The van der Waals surface area contributed by atoms with Crippen molar-refractivity contribution in [2.24, 2.45) is 0 Å². The van der Waals surface area contributed by atoms with E-state index in [1.165, 1.54) is 0 Å². The molecule has 0 fully saturated rings. The molecule has 88 heavy (non-hydrogen) atoms. The topological polar surface area (TPSA) is 281 Å². The van der Waals surface area contributed by atoms with Gasteiger partial charge >= 0.3 is 482 Å². The first-order valence-corrected chi connectivity index (χ1v) is 38.6. The molecule has 0 spiro atoms. The van der Waals surface area contributed by atoms with Crippen LogP contribution < -0.4 is 7.16 Å². The summed E-state index contributed by atoms with van der Waals surface area (Å²) in [4.78, 5) is 115. The number of alkyl halides is 30. The third-order valence-electron chi connectivity index (χ3n) is 7.30. The molecule has 2 aromatic carbocycles. The van der Waals surface area contributed by atoms with E-state index in [2.05, 4.69) is 33.6 Å². The molecule has 0 aliphatic heterocycles. The molecular weight excluding hydrogens is 1780 g/mol. The van der Waals surface area contributed by atoms with Crippen LogP contribution in [-0.2, 0) is 81.5 Å². The number of rotatable bonds is 16. The zero-order valence-electron chi connectivity index (χ0n) is 39.1. The van der Waals surface area contributed by atoms with Crippen molar-refractivity contribution in [1.29, 1.82) is 0 Å². The fourth-order valence-electron chi connectivity index (χ4n) is 4.09. The summed E-state index contributed by atoms with van der Waals surface area (Å²) >= 11 is -36.0. The Bertz CT molecular complexity index is 2510. The maximum absolute atomic E-state index is 13.1. The Balaban J connectivity index is 0.000000880. The standard InChI is InChI=1S/2C6H5.10C2HF3O2.2O.4Sn/c2*1-2-4-6-5-3-1;10*3-2(4,5)1(6)7;;;;;;/h2*1-5H;10*(H,6,7);;;;;;/q;;;;;;;;;;;;;;2*+2;2*+3/p-10. The van der Waals surface area contributed by atoms with Gasteiger partial charge in [-0.15, -0.1) is 0 Å². The average molecular weight is 1790 g/mol. The summed E-state index contributed by atoms with van der Waals surface area (Å²) in [5.74, 6) is -39.9. The molecule has 0 aliphatic rings. The summed E-state index contributed by atoms with van der Waals surface area (Å²) in [6, 6.07) is 4.14. The van der Waals surface area contributed by atoms with E-state index < -0.39 is 208 Å². The van der Waals surface area contributed by atoms with Crippen LogP contribution in [0.2, 0.25) is 0 Å². The molecule has 0 heterocycles. The summed E-state index contributed by atoms with van der Waals surface area (Å²) in [7, 11) is 0. The second-order valence-corrected chi connectivity index (χ2v) is 44.1. The molecule has 496 valence electrons. The fourth-order valence-corrected chi connectivity index (χ4v) is 48.6. The van der Waals surface area contributed by atoms with Gasteiger partial charge in [-0.25, -0.2) is 0 Å². The number of benzene rings is 2. The van der Waals surface area contributed by atoms with Gasteiger partial charge in [0.1, 0.15) is 0 Å². The second-order valence-electron chi connectivity index (χ2n) is 13.9. The molecule has 2 aromatic rings. The van der Waals surface area contributed by atoms with Gasteiger partial charge < -0.3 is 0 Å². The zero-order chi connectivity index (χ0) is 69.5. The summed E-state index contributed by atoms with van der Waals surface area (Å²) in [6.45, 7) is 0. The summed E-state index contributed by atoms with van der Waals surface area (Å²) < 4.78 is 428. The SMILES string of the molecule is O=C([O][Sn]([O]C(=O)C(F)(F)F)([O]C(=O)C(F)(F)F)[O][Sn]([O]C(=O)C(F)(F)F)([O]C(=O)C(F)(F)F)[c]1ccccc1)C(F)(F)F.O=C([O][Sn]([O]C(=O)C(F)(F)F)([O]C(=O)C(F)(F)F)[O][Sn]([O]C(=O)C(F)(F)F)([O]C(=O)C(F)(F)F)[c]1ccccc1)C(F)(F)F. The average Bonchev–Trinajstić information content (AvgIpc) is 3.31. The van der Waals surface area contributed by atoms with Crippen LogP contribution >= 0.6 is 0 Å². The Labute approximate surface area is 479 Å². The first-order chi connectivity index (χ1) is 38.9. The van der Waals surface area contributed by atoms with E-state index in [9.17, 15) is 180 Å². The van der Waals surface area contributed by atoms with Crippen LogP contribution in [0, 0.1) is 0 Å². The number of carbonyl (C=O) groups is 10. The molecule has 0 bridgehead atoms. The van der Waals surface area contributed by atoms with Gasteiger partial charge in [-0.3, -0.25) is 0 Å². The Morgan fingerprint density at radius 2 is 0.341 bits per heavy atom. The van der Waals surface area contributed by atoms with E-state index in [0.29, 0.717) is 24.3 Å². The second kappa shape index (κ2) is 28.1. The number of hydrogen-bond acceptors (Lipinski definition) is 22. The van der Waals surface area contributed by atoms with Crippen LogP contribution in [0.25, 0.3) is 0 Å². The molecule has 0 N–H and O–H groups in total. The van der Waals surface area contributed by atoms with Crippen molar-refractivity contribution in [2.75, 3.05) is 0 Å². The Hall–Kier alpha value is -5.85. The Kier molecular flexibility index (Phi) is 25.6. The molecule has 0 radical (unpaired) electrons. The third kappa shape index (κ3) is 24.2. The minimum absolute atomic E-state index is 0.128. The van der Waals surface area contributed by atoms with Gasteiger partial charge in [-0.05, 0) is 0 Å². The van der Waals surface area contributed by atoms with E-state index in [1.807, 2.05) is 0 Å². The van der Waals surface area contributed by atoms with E-state index in [4.69, 9.17) is 0 Å². The minimum atomic E-state index is -9.38. The predicted molar refractivity (Wildman–Crippen MR) is 199 cm³/mol. The van der Waals surface area contributed by atoms with E-state index in [1.54, 1.807) is 0 Å². The van der Waals surface area contributed by atoms with E-state index in [0.717, 1.165) is 12.1 Å².